The highest BCUT2D eigenvalue weighted by atomic mass is 19.4. The van der Waals surface area contributed by atoms with Gasteiger partial charge in [0.25, 0.3) is 0 Å². The van der Waals surface area contributed by atoms with Crippen molar-refractivity contribution in [1.82, 2.24) is 0 Å². The van der Waals surface area contributed by atoms with Crippen LogP contribution in [0.25, 0.3) is 0 Å². The van der Waals surface area contributed by atoms with Gasteiger partial charge in [0.2, 0.25) is 0 Å². The summed E-state index contributed by atoms with van der Waals surface area (Å²) in [5.41, 5.74) is 0. The number of aliphatic hydroxyl groups is 1. The fraction of sp³-hybridized carbons (Fsp3) is 0.800. The van der Waals surface area contributed by atoms with Crippen molar-refractivity contribution >= 4 is 5.97 Å². The molecular formula is C5H7F3O3. The van der Waals surface area contributed by atoms with Crippen LogP contribution in [0.5, 0.6) is 0 Å². The van der Waals surface area contributed by atoms with Crippen LogP contribution in [0.3, 0.4) is 0 Å². The molecule has 0 amide bonds. The Hall–Kier alpha value is -0.780. The zero-order valence-corrected chi connectivity index (χ0v) is 5.68. The molecule has 0 aliphatic heterocycles. The number of carbonyl (C=O) groups excluding carboxylic acids is 1. The summed E-state index contributed by atoms with van der Waals surface area (Å²) in [6.45, 7) is 1.19. The molecule has 1 atom stereocenters. The zero-order chi connectivity index (χ0) is 9.07. The second-order valence-electron chi connectivity index (χ2n) is 1.97. The average molecular weight is 172 g/mol. The van der Waals surface area contributed by atoms with Crippen LogP contribution < -0.4 is 0 Å². The van der Waals surface area contributed by atoms with Crippen LogP contribution in [0.2, 0.25) is 0 Å². The van der Waals surface area contributed by atoms with E-state index in [1.807, 2.05) is 0 Å². The molecule has 1 N–H and O–H groups in total. The van der Waals surface area contributed by atoms with Crippen LogP contribution in [0.1, 0.15) is 13.3 Å². The van der Waals surface area contributed by atoms with E-state index in [0.717, 1.165) is 0 Å². The van der Waals surface area contributed by atoms with E-state index in [-0.39, 0.29) is 0 Å². The highest BCUT2D eigenvalue weighted by molar-refractivity contribution is 5.70. The summed E-state index contributed by atoms with van der Waals surface area (Å²) in [6.07, 6.45) is -6.73. The van der Waals surface area contributed by atoms with E-state index in [0.29, 0.717) is 0 Å². The van der Waals surface area contributed by atoms with E-state index in [2.05, 4.69) is 4.74 Å². The predicted molar refractivity (Wildman–Crippen MR) is 28.4 cm³/mol. The largest absolute Gasteiger partial charge is 0.575 e. The molecule has 0 aliphatic rings. The van der Waals surface area contributed by atoms with Crippen molar-refractivity contribution in [3.63, 3.8) is 0 Å². The van der Waals surface area contributed by atoms with Gasteiger partial charge in [-0.05, 0) is 6.92 Å². The monoisotopic (exact) mass is 172 g/mol. The van der Waals surface area contributed by atoms with Crippen LogP contribution in [-0.4, -0.2) is 23.5 Å². The van der Waals surface area contributed by atoms with Crippen LogP contribution in [-0.2, 0) is 9.53 Å². The number of esters is 1. The molecule has 0 aromatic heterocycles. The molecule has 0 saturated carbocycles. The Bertz CT molecular complexity index is 140. The van der Waals surface area contributed by atoms with Crippen molar-refractivity contribution in [2.45, 2.75) is 25.8 Å². The molecule has 0 heterocycles. The fourth-order valence-corrected chi connectivity index (χ4v) is 0.412. The molecule has 0 bridgehead atoms. The van der Waals surface area contributed by atoms with Gasteiger partial charge in [0, 0.05) is 0 Å². The number of halogens is 3. The lowest BCUT2D eigenvalue weighted by Gasteiger charge is -2.07. The highest BCUT2D eigenvalue weighted by Gasteiger charge is 2.33. The molecule has 0 fully saturated rings. The normalized spacial score (nSPS) is 14.3. The average Bonchev–Trinajstić information content (AvgIpc) is 1.53. The van der Waals surface area contributed by atoms with Gasteiger partial charge in [0.15, 0.2) is 0 Å². The third-order valence-corrected chi connectivity index (χ3v) is 0.692. The van der Waals surface area contributed by atoms with Gasteiger partial charge in [0.05, 0.1) is 12.5 Å². The number of hydrogen-bond acceptors (Lipinski definition) is 3. The van der Waals surface area contributed by atoms with E-state index in [4.69, 9.17) is 5.11 Å². The minimum absolute atomic E-state index is 0.653. The van der Waals surface area contributed by atoms with Crippen molar-refractivity contribution in [2.75, 3.05) is 0 Å². The molecule has 11 heavy (non-hydrogen) atoms. The van der Waals surface area contributed by atoms with Crippen LogP contribution in [0.4, 0.5) is 13.2 Å². The van der Waals surface area contributed by atoms with Gasteiger partial charge in [-0.15, -0.1) is 13.2 Å². The number of alkyl halides is 3. The first-order valence-corrected chi connectivity index (χ1v) is 2.78. The maximum Gasteiger partial charge on any atom is 0.575 e. The minimum Gasteiger partial charge on any atom is -0.393 e. The second-order valence-corrected chi connectivity index (χ2v) is 1.97. The molecule has 0 spiro atoms. The van der Waals surface area contributed by atoms with Crippen molar-refractivity contribution in [3.8, 4) is 0 Å². The summed E-state index contributed by atoms with van der Waals surface area (Å²) in [5.74, 6) is -1.48. The van der Waals surface area contributed by atoms with Crippen LogP contribution >= 0.6 is 0 Å². The van der Waals surface area contributed by atoms with Gasteiger partial charge >= 0.3 is 12.3 Å². The van der Waals surface area contributed by atoms with E-state index >= 15 is 0 Å². The van der Waals surface area contributed by atoms with Gasteiger partial charge in [-0.25, -0.2) is 0 Å². The Labute approximate surface area is 60.8 Å². The molecular weight excluding hydrogens is 165 g/mol. The van der Waals surface area contributed by atoms with Crippen LogP contribution in [0.15, 0.2) is 0 Å². The number of rotatable bonds is 2. The maximum atomic E-state index is 11.2. The summed E-state index contributed by atoms with van der Waals surface area (Å²) in [5, 5.41) is 8.45. The summed E-state index contributed by atoms with van der Waals surface area (Å²) in [6, 6.07) is 0. The second kappa shape index (κ2) is 3.56. The topological polar surface area (TPSA) is 46.5 Å². The standard InChI is InChI=1S/C5H7F3O3/c1-3(9)2-4(10)11-5(6,7)8/h3,9H,2H2,1H3. The molecule has 66 valence electrons. The molecule has 3 nitrogen and oxygen atoms in total. The maximum absolute atomic E-state index is 11.2. The number of hydrogen-bond donors (Lipinski definition) is 1. The van der Waals surface area contributed by atoms with Crippen molar-refractivity contribution < 1.29 is 27.8 Å². The zero-order valence-electron chi connectivity index (χ0n) is 5.68. The molecule has 0 aliphatic carbocycles. The van der Waals surface area contributed by atoms with Crippen molar-refractivity contribution in [1.29, 1.82) is 0 Å². The third-order valence-electron chi connectivity index (χ3n) is 0.692. The lowest BCUT2D eigenvalue weighted by atomic mass is 10.3. The molecule has 0 aromatic rings. The smallest absolute Gasteiger partial charge is 0.393 e. The molecule has 1 unspecified atom stereocenters. The molecule has 0 radical (unpaired) electrons. The highest BCUT2D eigenvalue weighted by Crippen LogP contribution is 2.17. The van der Waals surface area contributed by atoms with Crippen molar-refractivity contribution in [3.05, 3.63) is 0 Å². The van der Waals surface area contributed by atoms with Gasteiger partial charge in [0.1, 0.15) is 0 Å². The Balaban J connectivity index is 3.71. The van der Waals surface area contributed by atoms with E-state index in [9.17, 15) is 18.0 Å². The summed E-state index contributed by atoms with van der Waals surface area (Å²) >= 11 is 0. The Morgan fingerprint density at radius 1 is 1.64 bits per heavy atom. The Kier molecular flexibility index (Phi) is 3.31. The SMILES string of the molecule is CC(O)CC(=O)OC(F)(F)F. The Morgan fingerprint density at radius 2 is 2.09 bits per heavy atom. The molecule has 6 heteroatoms. The first kappa shape index (κ1) is 10.2. The minimum atomic E-state index is -4.95. The van der Waals surface area contributed by atoms with E-state index in [1.54, 1.807) is 0 Å². The quantitative estimate of drug-likeness (QED) is 0.627. The Morgan fingerprint density at radius 3 is 2.36 bits per heavy atom. The summed E-state index contributed by atoms with van der Waals surface area (Å²) in [7, 11) is 0. The van der Waals surface area contributed by atoms with Crippen LogP contribution in [0, 0.1) is 0 Å². The van der Waals surface area contributed by atoms with Gasteiger partial charge in [-0.3, -0.25) is 4.79 Å². The van der Waals surface area contributed by atoms with Gasteiger partial charge in [-0.1, -0.05) is 0 Å². The summed E-state index contributed by atoms with van der Waals surface area (Å²) in [4.78, 5) is 10.2. The number of ether oxygens (including phenoxy) is 1. The molecule has 0 aromatic carbocycles. The lowest BCUT2D eigenvalue weighted by Crippen LogP contribution is -2.22. The third kappa shape index (κ3) is 7.11. The van der Waals surface area contributed by atoms with Crippen molar-refractivity contribution in [2.24, 2.45) is 0 Å². The summed E-state index contributed by atoms with van der Waals surface area (Å²) < 4.78 is 36.6. The first-order valence-electron chi connectivity index (χ1n) is 2.78. The number of carbonyl (C=O) groups is 1. The number of aliphatic hydroxyl groups excluding tert-OH is 1. The van der Waals surface area contributed by atoms with E-state index in [1.165, 1.54) is 6.92 Å². The molecule has 0 rings (SSSR count). The first-order chi connectivity index (χ1) is 4.81. The predicted octanol–water partition coefficient (Wildman–Crippen LogP) is 0.820. The lowest BCUT2D eigenvalue weighted by molar-refractivity contribution is -0.306. The fourth-order valence-electron chi connectivity index (χ4n) is 0.412. The molecule has 0 saturated heterocycles. The van der Waals surface area contributed by atoms with Gasteiger partial charge in [-0.2, -0.15) is 0 Å². The van der Waals surface area contributed by atoms with Gasteiger partial charge < -0.3 is 9.84 Å². The van der Waals surface area contributed by atoms with E-state index < -0.39 is 24.9 Å².